The second kappa shape index (κ2) is 8.39. The van der Waals surface area contributed by atoms with Crippen molar-refractivity contribution < 1.29 is 9.47 Å². The lowest BCUT2D eigenvalue weighted by atomic mass is 10.1. The number of hydrogen-bond donors (Lipinski definition) is 1. The first-order valence-corrected chi connectivity index (χ1v) is 9.54. The minimum absolute atomic E-state index is 0.128. The first-order valence-electron chi connectivity index (χ1n) is 9.54. The van der Waals surface area contributed by atoms with Gasteiger partial charge in [0.25, 0.3) is 5.56 Å². The highest BCUT2D eigenvalue weighted by molar-refractivity contribution is 5.38. The fourth-order valence-electron chi connectivity index (χ4n) is 3.36. The van der Waals surface area contributed by atoms with Gasteiger partial charge in [-0.2, -0.15) is 0 Å². The van der Waals surface area contributed by atoms with Crippen LogP contribution in [0.3, 0.4) is 0 Å². The van der Waals surface area contributed by atoms with Crippen LogP contribution in [-0.2, 0) is 6.54 Å². The van der Waals surface area contributed by atoms with E-state index in [2.05, 4.69) is 4.98 Å². The van der Waals surface area contributed by atoms with Gasteiger partial charge in [0.1, 0.15) is 11.5 Å². The molecule has 0 bridgehead atoms. The molecule has 0 saturated heterocycles. The molecule has 0 saturated carbocycles. The molecule has 6 heteroatoms. The molecular weight excluding hydrogens is 368 g/mol. The fourth-order valence-corrected chi connectivity index (χ4v) is 3.36. The van der Waals surface area contributed by atoms with E-state index in [0.29, 0.717) is 17.1 Å². The van der Waals surface area contributed by atoms with Crippen LogP contribution in [0.5, 0.6) is 17.4 Å². The summed E-state index contributed by atoms with van der Waals surface area (Å²) < 4.78 is 12.4. The maximum Gasteiger partial charge on any atom is 0.331 e. The zero-order valence-electron chi connectivity index (χ0n) is 17.4. The van der Waals surface area contributed by atoms with Gasteiger partial charge >= 0.3 is 5.69 Å². The Morgan fingerprint density at radius 2 is 1.69 bits per heavy atom. The van der Waals surface area contributed by atoms with Gasteiger partial charge in [-0.05, 0) is 60.7 Å². The zero-order valence-corrected chi connectivity index (χ0v) is 17.4. The Kier molecular flexibility index (Phi) is 5.92. The highest BCUT2D eigenvalue weighted by Crippen LogP contribution is 2.26. The predicted molar refractivity (Wildman–Crippen MR) is 113 cm³/mol. The summed E-state index contributed by atoms with van der Waals surface area (Å²) in [5.41, 5.74) is 2.45. The molecule has 3 rings (SSSR count). The molecule has 0 aliphatic heterocycles. The summed E-state index contributed by atoms with van der Waals surface area (Å²) >= 11 is 0. The Morgan fingerprint density at radius 1 is 1.00 bits per heavy atom. The molecule has 6 nitrogen and oxygen atoms in total. The van der Waals surface area contributed by atoms with Crippen LogP contribution in [0.1, 0.15) is 42.0 Å². The lowest BCUT2D eigenvalue weighted by molar-refractivity contribution is 0.414. The SMILES string of the molecule is COc1cccc(Cn2c(=O)[nH]c(Oc3cc(C)cc(C)c3)c(C(C)C)c2=O)c1. The van der Waals surface area contributed by atoms with E-state index in [1.54, 1.807) is 13.2 Å². The van der Waals surface area contributed by atoms with Crippen molar-refractivity contribution >= 4 is 0 Å². The van der Waals surface area contributed by atoms with Gasteiger partial charge in [0.2, 0.25) is 5.88 Å². The molecule has 152 valence electrons. The van der Waals surface area contributed by atoms with Crippen LogP contribution in [0.4, 0.5) is 0 Å². The van der Waals surface area contributed by atoms with Crippen molar-refractivity contribution in [3.05, 3.63) is 85.6 Å². The molecule has 1 N–H and O–H groups in total. The van der Waals surface area contributed by atoms with Crippen molar-refractivity contribution in [3.8, 4) is 17.4 Å². The number of aromatic amines is 1. The molecule has 0 aliphatic rings. The van der Waals surface area contributed by atoms with Crippen molar-refractivity contribution in [1.29, 1.82) is 0 Å². The van der Waals surface area contributed by atoms with Crippen molar-refractivity contribution in [2.75, 3.05) is 7.11 Å². The van der Waals surface area contributed by atoms with Gasteiger partial charge in [0.15, 0.2) is 0 Å². The standard InChI is InChI=1S/C23H26N2O4/c1-14(2)20-21(29-19-10-15(3)9-16(4)11-19)24-23(27)25(22(20)26)13-17-7-6-8-18(12-17)28-5/h6-12,14H,13H2,1-5H3,(H,24,27). The summed E-state index contributed by atoms with van der Waals surface area (Å²) in [5, 5.41) is 0. The van der Waals surface area contributed by atoms with Gasteiger partial charge in [-0.15, -0.1) is 0 Å². The normalized spacial score (nSPS) is 11.0. The molecule has 0 fully saturated rings. The molecule has 0 spiro atoms. The van der Waals surface area contributed by atoms with Crippen LogP contribution in [0, 0.1) is 13.8 Å². The van der Waals surface area contributed by atoms with Gasteiger partial charge in [0.05, 0.1) is 19.2 Å². The average molecular weight is 394 g/mol. The van der Waals surface area contributed by atoms with E-state index in [4.69, 9.17) is 9.47 Å². The Morgan fingerprint density at radius 3 is 2.31 bits per heavy atom. The van der Waals surface area contributed by atoms with Gasteiger partial charge in [-0.3, -0.25) is 14.3 Å². The largest absolute Gasteiger partial charge is 0.497 e. The number of hydrogen-bond acceptors (Lipinski definition) is 4. The predicted octanol–water partition coefficient (Wildman–Crippen LogP) is 4.13. The van der Waals surface area contributed by atoms with E-state index in [9.17, 15) is 9.59 Å². The van der Waals surface area contributed by atoms with Crippen LogP contribution in [0.25, 0.3) is 0 Å². The smallest absolute Gasteiger partial charge is 0.331 e. The Labute approximate surface area is 169 Å². The summed E-state index contributed by atoms with van der Waals surface area (Å²) in [7, 11) is 1.58. The average Bonchev–Trinajstić information content (AvgIpc) is 2.64. The molecule has 29 heavy (non-hydrogen) atoms. The van der Waals surface area contributed by atoms with Gasteiger partial charge in [-0.1, -0.05) is 32.0 Å². The van der Waals surface area contributed by atoms with Gasteiger partial charge in [-0.25, -0.2) is 4.79 Å². The number of ether oxygens (including phenoxy) is 2. The number of nitrogens with one attached hydrogen (secondary N) is 1. The van der Waals surface area contributed by atoms with Crippen LogP contribution in [0.15, 0.2) is 52.1 Å². The lowest BCUT2D eigenvalue weighted by Crippen LogP contribution is -2.38. The van der Waals surface area contributed by atoms with Crippen molar-refractivity contribution in [2.45, 2.75) is 40.2 Å². The second-order valence-electron chi connectivity index (χ2n) is 7.50. The third-order valence-corrected chi connectivity index (χ3v) is 4.65. The lowest BCUT2D eigenvalue weighted by Gasteiger charge is -2.16. The molecular formula is C23H26N2O4. The summed E-state index contributed by atoms with van der Waals surface area (Å²) in [6.07, 6.45) is 0. The molecule has 0 atom stereocenters. The molecule has 1 heterocycles. The quantitative estimate of drug-likeness (QED) is 0.682. The highest BCUT2D eigenvalue weighted by Gasteiger charge is 2.19. The number of nitrogens with zero attached hydrogens (tertiary/aromatic N) is 1. The molecule has 0 amide bonds. The van der Waals surface area contributed by atoms with E-state index >= 15 is 0 Å². The maximum absolute atomic E-state index is 13.2. The number of rotatable bonds is 6. The first kappa shape index (κ1) is 20.5. The van der Waals surface area contributed by atoms with E-state index in [-0.39, 0.29) is 23.9 Å². The monoisotopic (exact) mass is 394 g/mol. The molecule has 0 unspecified atom stereocenters. The van der Waals surface area contributed by atoms with Crippen LogP contribution >= 0.6 is 0 Å². The Balaban J connectivity index is 2.06. The molecule has 0 aliphatic carbocycles. The molecule has 2 aromatic carbocycles. The number of H-pyrrole nitrogens is 1. The van der Waals surface area contributed by atoms with E-state index in [1.165, 1.54) is 4.57 Å². The van der Waals surface area contributed by atoms with Crippen molar-refractivity contribution in [1.82, 2.24) is 9.55 Å². The third kappa shape index (κ3) is 4.59. The van der Waals surface area contributed by atoms with E-state index in [0.717, 1.165) is 16.7 Å². The number of benzene rings is 2. The van der Waals surface area contributed by atoms with E-state index < -0.39 is 5.69 Å². The van der Waals surface area contributed by atoms with Crippen LogP contribution in [-0.4, -0.2) is 16.7 Å². The topological polar surface area (TPSA) is 73.3 Å². The van der Waals surface area contributed by atoms with Crippen molar-refractivity contribution in [2.24, 2.45) is 0 Å². The minimum Gasteiger partial charge on any atom is -0.497 e. The van der Waals surface area contributed by atoms with Crippen molar-refractivity contribution in [3.63, 3.8) is 0 Å². The minimum atomic E-state index is -0.512. The van der Waals surface area contributed by atoms with Crippen LogP contribution in [0.2, 0.25) is 0 Å². The summed E-state index contributed by atoms with van der Waals surface area (Å²) in [6, 6.07) is 13.1. The highest BCUT2D eigenvalue weighted by atomic mass is 16.5. The van der Waals surface area contributed by atoms with E-state index in [1.807, 2.05) is 64.1 Å². The summed E-state index contributed by atoms with van der Waals surface area (Å²) in [5.74, 6) is 1.33. The number of aromatic nitrogens is 2. The number of aryl methyl sites for hydroxylation is 2. The van der Waals surface area contributed by atoms with Crippen LogP contribution < -0.4 is 20.7 Å². The third-order valence-electron chi connectivity index (χ3n) is 4.65. The fraction of sp³-hybridized carbons (Fsp3) is 0.304. The molecule has 0 radical (unpaired) electrons. The Bertz CT molecular complexity index is 1120. The maximum atomic E-state index is 13.2. The summed E-state index contributed by atoms with van der Waals surface area (Å²) in [6.45, 7) is 7.89. The molecule has 3 aromatic rings. The first-order chi connectivity index (χ1) is 13.8. The summed E-state index contributed by atoms with van der Waals surface area (Å²) in [4.78, 5) is 28.6. The number of methoxy groups -OCH3 is 1. The second-order valence-corrected chi connectivity index (χ2v) is 7.50. The van der Waals surface area contributed by atoms with Gasteiger partial charge in [0, 0.05) is 0 Å². The zero-order chi connectivity index (χ0) is 21.1. The van der Waals surface area contributed by atoms with Gasteiger partial charge < -0.3 is 9.47 Å². The molecule has 1 aromatic heterocycles. The Hall–Kier alpha value is -3.28.